The van der Waals surface area contributed by atoms with E-state index in [2.05, 4.69) is 10.0 Å². The van der Waals surface area contributed by atoms with Crippen molar-refractivity contribution in [2.75, 3.05) is 31.2 Å². The van der Waals surface area contributed by atoms with Crippen molar-refractivity contribution >= 4 is 21.6 Å². The number of nitrogens with one attached hydrogen (secondary N) is 2. The van der Waals surface area contributed by atoms with Crippen LogP contribution in [0.25, 0.3) is 0 Å². The minimum absolute atomic E-state index is 0.305. The molecule has 7 nitrogen and oxygen atoms in total. The maximum atomic E-state index is 12.1. The molecule has 0 saturated carbocycles. The van der Waals surface area contributed by atoms with E-state index in [1.165, 1.54) is 6.07 Å². The van der Waals surface area contributed by atoms with Crippen LogP contribution in [0.15, 0.2) is 48.5 Å². The van der Waals surface area contributed by atoms with Gasteiger partial charge in [-0.1, -0.05) is 6.07 Å². The molecule has 0 heterocycles. The summed E-state index contributed by atoms with van der Waals surface area (Å²) >= 11 is 0. The molecule has 0 bridgehead atoms. The molecule has 0 radical (unpaired) electrons. The standard InChI is InChI=1S/C17H20N2O5S/c1-23-15-6-8-16(9-7-15)24-11-10-18-17(20)13-4-3-5-14(12-13)19-25(2,21)22/h3-9,12,19H,10-11H2,1-2H3,(H,18,20). The van der Waals surface area contributed by atoms with E-state index in [4.69, 9.17) is 9.47 Å². The lowest BCUT2D eigenvalue weighted by Crippen LogP contribution is -2.28. The average molecular weight is 364 g/mol. The fourth-order valence-electron chi connectivity index (χ4n) is 2.05. The molecule has 0 spiro atoms. The van der Waals surface area contributed by atoms with Gasteiger partial charge >= 0.3 is 0 Å². The Morgan fingerprint density at radius 2 is 1.76 bits per heavy atom. The number of benzene rings is 2. The second-order valence-corrected chi connectivity index (χ2v) is 6.98. The summed E-state index contributed by atoms with van der Waals surface area (Å²) in [5, 5.41) is 2.72. The van der Waals surface area contributed by atoms with E-state index in [0.717, 1.165) is 12.0 Å². The number of carbonyl (C=O) groups is 1. The normalized spacial score (nSPS) is 10.8. The topological polar surface area (TPSA) is 93.7 Å². The Labute approximate surface area is 147 Å². The number of amides is 1. The fraction of sp³-hybridized carbons (Fsp3) is 0.235. The van der Waals surface area contributed by atoms with Crippen LogP contribution in [0.2, 0.25) is 0 Å². The van der Waals surface area contributed by atoms with Gasteiger partial charge in [-0.25, -0.2) is 8.42 Å². The predicted octanol–water partition coefficient (Wildman–Crippen LogP) is 1.88. The second-order valence-electron chi connectivity index (χ2n) is 5.23. The number of ether oxygens (including phenoxy) is 2. The smallest absolute Gasteiger partial charge is 0.251 e. The van der Waals surface area contributed by atoms with Crippen LogP contribution in [0.5, 0.6) is 11.5 Å². The minimum atomic E-state index is -3.39. The van der Waals surface area contributed by atoms with Crippen LogP contribution in [0.1, 0.15) is 10.4 Å². The molecule has 2 N–H and O–H groups in total. The zero-order valence-electron chi connectivity index (χ0n) is 14.0. The molecule has 0 saturated heterocycles. The molecular weight excluding hydrogens is 344 g/mol. The number of anilines is 1. The van der Waals surface area contributed by atoms with Crippen molar-refractivity contribution in [1.82, 2.24) is 5.32 Å². The molecular formula is C17H20N2O5S. The summed E-state index contributed by atoms with van der Waals surface area (Å²) in [5.41, 5.74) is 0.697. The van der Waals surface area contributed by atoms with Crippen molar-refractivity contribution in [3.8, 4) is 11.5 Å². The van der Waals surface area contributed by atoms with Crippen LogP contribution in [-0.2, 0) is 10.0 Å². The first-order valence-corrected chi connectivity index (χ1v) is 9.39. The lowest BCUT2D eigenvalue weighted by atomic mass is 10.2. The molecule has 2 aromatic carbocycles. The predicted molar refractivity (Wildman–Crippen MR) is 95.7 cm³/mol. The summed E-state index contributed by atoms with van der Waals surface area (Å²) in [4.78, 5) is 12.1. The Bertz CT molecular complexity index is 819. The van der Waals surface area contributed by atoms with E-state index < -0.39 is 10.0 Å². The van der Waals surface area contributed by atoms with E-state index in [1.807, 2.05) is 0 Å². The minimum Gasteiger partial charge on any atom is -0.497 e. The van der Waals surface area contributed by atoms with Gasteiger partial charge < -0.3 is 14.8 Å². The average Bonchev–Trinajstić information content (AvgIpc) is 2.58. The number of hydrogen-bond acceptors (Lipinski definition) is 5. The Hall–Kier alpha value is -2.74. The third-order valence-electron chi connectivity index (χ3n) is 3.14. The Morgan fingerprint density at radius 1 is 1.08 bits per heavy atom. The molecule has 2 rings (SSSR count). The fourth-order valence-corrected chi connectivity index (χ4v) is 2.60. The second kappa shape index (κ2) is 8.39. The quantitative estimate of drug-likeness (QED) is 0.698. The Kier molecular flexibility index (Phi) is 6.24. The van der Waals surface area contributed by atoms with Gasteiger partial charge in [-0.05, 0) is 42.5 Å². The van der Waals surface area contributed by atoms with Gasteiger partial charge in [0.15, 0.2) is 0 Å². The maximum absolute atomic E-state index is 12.1. The number of sulfonamides is 1. The van der Waals surface area contributed by atoms with Gasteiger partial charge in [0.1, 0.15) is 18.1 Å². The van der Waals surface area contributed by atoms with Crippen LogP contribution in [-0.4, -0.2) is 40.8 Å². The van der Waals surface area contributed by atoms with Crippen molar-refractivity contribution in [3.63, 3.8) is 0 Å². The first kappa shape index (κ1) is 18.6. The molecule has 0 aromatic heterocycles. The molecule has 0 fully saturated rings. The largest absolute Gasteiger partial charge is 0.497 e. The molecule has 134 valence electrons. The molecule has 0 aliphatic heterocycles. The summed E-state index contributed by atoms with van der Waals surface area (Å²) in [6.45, 7) is 0.619. The molecule has 1 amide bonds. The van der Waals surface area contributed by atoms with Crippen molar-refractivity contribution in [2.45, 2.75) is 0 Å². The highest BCUT2D eigenvalue weighted by atomic mass is 32.2. The number of carbonyl (C=O) groups excluding carboxylic acids is 1. The highest BCUT2D eigenvalue weighted by Gasteiger charge is 2.08. The van der Waals surface area contributed by atoms with Crippen LogP contribution in [0, 0.1) is 0 Å². The Balaban J connectivity index is 1.82. The number of rotatable bonds is 8. The Morgan fingerprint density at radius 3 is 2.40 bits per heavy atom. The maximum Gasteiger partial charge on any atom is 0.251 e. The van der Waals surface area contributed by atoms with Gasteiger partial charge in [0, 0.05) is 11.3 Å². The molecule has 0 aliphatic rings. The van der Waals surface area contributed by atoms with Crippen molar-refractivity contribution in [2.24, 2.45) is 0 Å². The molecule has 0 aliphatic carbocycles. The molecule has 0 atom stereocenters. The van der Waals surface area contributed by atoms with Crippen molar-refractivity contribution in [1.29, 1.82) is 0 Å². The van der Waals surface area contributed by atoms with Crippen LogP contribution >= 0.6 is 0 Å². The summed E-state index contributed by atoms with van der Waals surface area (Å²) in [6, 6.07) is 13.4. The van der Waals surface area contributed by atoms with E-state index in [-0.39, 0.29) is 5.91 Å². The van der Waals surface area contributed by atoms with Gasteiger partial charge in [0.05, 0.1) is 19.9 Å². The van der Waals surface area contributed by atoms with Crippen LogP contribution < -0.4 is 19.5 Å². The number of hydrogen-bond donors (Lipinski definition) is 2. The van der Waals surface area contributed by atoms with Crippen LogP contribution in [0.4, 0.5) is 5.69 Å². The first-order valence-electron chi connectivity index (χ1n) is 7.50. The number of methoxy groups -OCH3 is 1. The van der Waals surface area contributed by atoms with Gasteiger partial charge in [-0.15, -0.1) is 0 Å². The first-order chi connectivity index (χ1) is 11.9. The summed E-state index contributed by atoms with van der Waals surface area (Å²) < 4.78 is 35.4. The van der Waals surface area contributed by atoms with E-state index >= 15 is 0 Å². The molecule has 2 aromatic rings. The zero-order chi connectivity index (χ0) is 18.3. The molecule has 25 heavy (non-hydrogen) atoms. The lowest BCUT2D eigenvalue weighted by Gasteiger charge is -2.09. The van der Waals surface area contributed by atoms with Crippen molar-refractivity contribution in [3.05, 3.63) is 54.1 Å². The molecule has 0 unspecified atom stereocenters. The van der Waals surface area contributed by atoms with Crippen molar-refractivity contribution < 1.29 is 22.7 Å². The third kappa shape index (κ3) is 6.34. The summed E-state index contributed by atoms with van der Waals surface area (Å²) in [6.07, 6.45) is 1.05. The van der Waals surface area contributed by atoms with Gasteiger partial charge in [-0.2, -0.15) is 0 Å². The van der Waals surface area contributed by atoms with E-state index in [9.17, 15) is 13.2 Å². The van der Waals surface area contributed by atoms with Gasteiger partial charge in [0.2, 0.25) is 10.0 Å². The van der Waals surface area contributed by atoms with Gasteiger partial charge in [0.25, 0.3) is 5.91 Å². The highest BCUT2D eigenvalue weighted by molar-refractivity contribution is 7.92. The zero-order valence-corrected chi connectivity index (χ0v) is 14.8. The summed E-state index contributed by atoms with van der Waals surface area (Å²) in [5.74, 6) is 1.10. The molecule has 8 heteroatoms. The highest BCUT2D eigenvalue weighted by Crippen LogP contribution is 2.16. The van der Waals surface area contributed by atoms with Gasteiger partial charge in [-0.3, -0.25) is 9.52 Å². The third-order valence-corrected chi connectivity index (χ3v) is 3.75. The van der Waals surface area contributed by atoms with E-state index in [1.54, 1.807) is 49.6 Å². The van der Waals surface area contributed by atoms with E-state index in [0.29, 0.717) is 30.2 Å². The SMILES string of the molecule is COc1ccc(OCCNC(=O)c2cccc(NS(C)(=O)=O)c2)cc1. The summed E-state index contributed by atoms with van der Waals surface area (Å²) in [7, 11) is -1.80. The monoisotopic (exact) mass is 364 g/mol. The van der Waals surface area contributed by atoms with Crippen LogP contribution in [0.3, 0.4) is 0 Å². The lowest BCUT2D eigenvalue weighted by molar-refractivity contribution is 0.0947.